The van der Waals surface area contributed by atoms with Crippen molar-refractivity contribution >= 4 is 17.6 Å². The van der Waals surface area contributed by atoms with Crippen LogP contribution in [0, 0.1) is 6.92 Å². The second-order valence-corrected chi connectivity index (χ2v) is 4.40. The molecule has 0 fully saturated rings. The van der Waals surface area contributed by atoms with Gasteiger partial charge in [0.2, 0.25) is 5.91 Å². The molecule has 0 radical (unpaired) electrons. The summed E-state index contributed by atoms with van der Waals surface area (Å²) in [6.07, 6.45) is 2.40. The summed E-state index contributed by atoms with van der Waals surface area (Å²) in [5.41, 5.74) is 2.11. The molecule has 1 aromatic rings. The van der Waals surface area contributed by atoms with Gasteiger partial charge in [0.05, 0.1) is 12.2 Å². The van der Waals surface area contributed by atoms with E-state index in [9.17, 15) is 9.59 Å². The lowest BCUT2D eigenvalue weighted by Crippen LogP contribution is -2.12. The highest BCUT2D eigenvalue weighted by Crippen LogP contribution is 2.17. The number of carbonyl (C=O) groups is 2. The van der Waals surface area contributed by atoms with Crippen LogP contribution >= 0.6 is 0 Å². The minimum absolute atomic E-state index is 0.00818. The molecule has 1 amide bonds. The molecule has 0 bridgehead atoms. The van der Waals surface area contributed by atoms with Crippen molar-refractivity contribution in [3.8, 4) is 0 Å². The van der Waals surface area contributed by atoms with Gasteiger partial charge in [-0.2, -0.15) is 0 Å². The van der Waals surface area contributed by atoms with E-state index in [0.717, 1.165) is 24.1 Å². The van der Waals surface area contributed by atoms with Gasteiger partial charge in [-0.3, -0.25) is 4.79 Å². The number of aryl methyl sites for hydroxylation is 1. The maximum atomic E-state index is 11.6. The second kappa shape index (κ2) is 7.56. The van der Waals surface area contributed by atoms with Crippen LogP contribution < -0.4 is 5.32 Å². The molecule has 19 heavy (non-hydrogen) atoms. The fourth-order valence-electron chi connectivity index (χ4n) is 1.70. The van der Waals surface area contributed by atoms with Crippen LogP contribution in [0.3, 0.4) is 0 Å². The molecular formula is C15H21NO3. The third-order valence-corrected chi connectivity index (χ3v) is 2.77. The van der Waals surface area contributed by atoms with Crippen LogP contribution in [0.4, 0.5) is 5.69 Å². The Bertz CT molecular complexity index is 455. The van der Waals surface area contributed by atoms with Crippen LogP contribution in [-0.2, 0) is 9.53 Å². The average Bonchev–Trinajstić information content (AvgIpc) is 2.39. The first-order valence-electron chi connectivity index (χ1n) is 6.66. The van der Waals surface area contributed by atoms with E-state index in [0.29, 0.717) is 18.6 Å². The number of hydrogen-bond acceptors (Lipinski definition) is 3. The lowest BCUT2D eigenvalue weighted by molar-refractivity contribution is -0.116. The normalized spacial score (nSPS) is 10.1. The number of hydrogen-bond donors (Lipinski definition) is 1. The average molecular weight is 263 g/mol. The van der Waals surface area contributed by atoms with E-state index < -0.39 is 0 Å². The summed E-state index contributed by atoms with van der Waals surface area (Å²) in [5.74, 6) is -0.330. The Kier molecular flexibility index (Phi) is 6.06. The van der Waals surface area contributed by atoms with Gasteiger partial charge in [0, 0.05) is 12.1 Å². The Morgan fingerprint density at radius 3 is 2.58 bits per heavy atom. The summed E-state index contributed by atoms with van der Waals surface area (Å²) in [6, 6.07) is 5.14. The Morgan fingerprint density at radius 2 is 2.00 bits per heavy atom. The van der Waals surface area contributed by atoms with Gasteiger partial charge in [-0.25, -0.2) is 4.79 Å². The SMILES string of the molecule is CCCCC(=O)Nc1ccc(C(=O)OCC)cc1C. The summed E-state index contributed by atoms with van der Waals surface area (Å²) < 4.78 is 4.93. The van der Waals surface area contributed by atoms with Crippen molar-refractivity contribution in [2.75, 3.05) is 11.9 Å². The first kappa shape index (κ1) is 15.2. The smallest absolute Gasteiger partial charge is 0.338 e. The third kappa shape index (κ3) is 4.73. The zero-order chi connectivity index (χ0) is 14.3. The zero-order valence-electron chi connectivity index (χ0n) is 11.8. The number of nitrogens with one attached hydrogen (secondary N) is 1. The molecule has 0 aliphatic carbocycles. The second-order valence-electron chi connectivity index (χ2n) is 4.40. The molecule has 0 aliphatic heterocycles. The van der Waals surface area contributed by atoms with Crippen molar-refractivity contribution < 1.29 is 14.3 Å². The Balaban J connectivity index is 2.72. The Labute approximate surface area is 114 Å². The van der Waals surface area contributed by atoms with Crippen LogP contribution in [0.15, 0.2) is 18.2 Å². The number of benzene rings is 1. The zero-order valence-corrected chi connectivity index (χ0v) is 11.8. The highest BCUT2D eigenvalue weighted by Gasteiger charge is 2.09. The first-order chi connectivity index (χ1) is 9.08. The molecule has 1 aromatic carbocycles. The lowest BCUT2D eigenvalue weighted by atomic mass is 10.1. The molecule has 0 spiro atoms. The fourth-order valence-corrected chi connectivity index (χ4v) is 1.70. The minimum Gasteiger partial charge on any atom is -0.462 e. The molecule has 0 heterocycles. The van der Waals surface area contributed by atoms with Crippen LogP contribution in [0.2, 0.25) is 0 Å². The highest BCUT2D eigenvalue weighted by atomic mass is 16.5. The van der Waals surface area contributed by atoms with E-state index in [1.165, 1.54) is 0 Å². The molecule has 0 saturated heterocycles. The van der Waals surface area contributed by atoms with Gasteiger partial charge < -0.3 is 10.1 Å². The van der Waals surface area contributed by atoms with Gasteiger partial charge in [-0.1, -0.05) is 13.3 Å². The van der Waals surface area contributed by atoms with Crippen LogP contribution in [0.5, 0.6) is 0 Å². The van der Waals surface area contributed by atoms with E-state index in [-0.39, 0.29) is 11.9 Å². The fraction of sp³-hybridized carbons (Fsp3) is 0.467. The van der Waals surface area contributed by atoms with E-state index >= 15 is 0 Å². The van der Waals surface area contributed by atoms with E-state index in [1.807, 2.05) is 13.8 Å². The molecule has 0 unspecified atom stereocenters. The minimum atomic E-state index is -0.338. The van der Waals surface area contributed by atoms with Crippen LogP contribution in [0.1, 0.15) is 49.0 Å². The van der Waals surface area contributed by atoms with Crippen molar-refractivity contribution in [1.29, 1.82) is 0 Å². The number of carbonyl (C=O) groups excluding carboxylic acids is 2. The molecule has 1 rings (SSSR count). The molecule has 0 atom stereocenters. The first-order valence-corrected chi connectivity index (χ1v) is 6.66. The molecule has 0 aromatic heterocycles. The quantitative estimate of drug-likeness (QED) is 0.801. The van der Waals surface area contributed by atoms with Crippen LogP contribution in [-0.4, -0.2) is 18.5 Å². The van der Waals surface area contributed by atoms with Gasteiger partial charge >= 0.3 is 5.97 Å². The van der Waals surface area contributed by atoms with Crippen molar-refractivity contribution in [1.82, 2.24) is 0 Å². The van der Waals surface area contributed by atoms with Gasteiger partial charge in [0.1, 0.15) is 0 Å². The monoisotopic (exact) mass is 263 g/mol. The van der Waals surface area contributed by atoms with Gasteiger partial charge in [0.25, 0.3) is 0 Å². The molecule has 104 valence electrons. The van der Waals surface area contributed by atoms with Crippen LogP contribution in [0.25, 0.3) is 0 Å². The van der Waals surface area contributed by atoms with Gasteiger partial charge in [-0.15, -0.1) is 0 Å². The van der Waals surface area contributed by atoms with E-state index in [4.69, 9.17) is 4.74 Å². The summed E-state index contributed by atoms with van der Waals surface area (Å²) >= 11 is 0. The maximum absolute atomic E-state index is 11.6. The summed E-state index contributed by atoms with van der Waals surface area (Å²) in [5, 5.41) is 2.85. The Morgan fingerprint density at radius 1 is 1.26 bits per heavy atom. The standard InChI is InChI=1S/C15H21NO3/c1-4-6-7-14(17)16-13-9-8-12(10-11(13)3)15(18)19-5-2/h8-10H,4-7H2,1-3H3,(H,16,17). The Hall–Kier alpha value is -1.84. The summed E-state index contributed by atoms with van der Waals surface area (Å²) in [4.78, 5) is 23.2. The lowest BCUT2D eigenvalue weighted by Gasteiger charge is -2.09. The van der Waals surface area contributed by atoms with Crippen molar-refractivity contribution in [3.05, 3.63) is 29.3 Å². The molecule has 0 aliphatic rings. The maximum Gasteiger partial charge on any atom is 0.338 e. The molecule has 0 saturated carbocycles. The molecular weight excluding hydrogens is 242 g/mol. The van der Waals surface area contributed by atoms with Gasteiger partial charge in [-0.05, 0) is 44.0 Å². The molecule has 4 nitrogen and oxygen atoms in total. The van der Waals surface area contributed by atoms with E-state index in [2.05, 4.69) is 5.32 Å². The van der Waals surface area contributed by atoms with Gasteiger partial charge in [0.15, 0.2) is 0 Å². The summed E-state index contributed by atoms with van der Waals surface area (Å²) in [7, 11) is 0. The largest absolute Gasteiger partial charge is 0.462 e. The van der Waals surface area contributed by atoms with Crippen molar-refractivity contribution in [2.45, 2.75) is 40.0 Å². The summed E-state index contributed by atoms with van der Waals surface area (Å²) in [6.45, 7) is 6.03. The molecule has 1 N–H and O–H groups in total. The third-order valence-electron chi connectivity index (χ3n) is 2.77. The number of anilines is 1. The highest BCUT2D eigenvalue weighted by molar-refractivity contribution is 5.94. The van der Waals surface area contributed by atoms with Crippen molar-refractivity contribution in [2.24, 2.45) is 0 Å². The van der Waals surface area contributed by atoms with Crippen molar-refractivity contribution in [3.63, 3.8) is 0 Å². The number of rotatable bonds is 6. The topological polar surface area (TPSA) is 55.4 Å². The predicted molar refractivity (Wildman–Crippen MR) is 75.3 cm³/mol. The van der Waals surface area contributed by atoms with E-state index in [1.54, 1.807) is 25.1 Å². The number of ether oxygens (including phenoxy) is 1. The molecule has 4 heteroatoms. The number of amides is 1. The predicted octanol–water partition coefficient (Wildman–Crippen LogP) is 3.30. The number of esters is 1. The number of unbranched alkanes of at least 4 members (excludes halogenated alkanes) is 1.